The van der Waals surface area contributed by atoms with Crippen molar-refractivity contribution in [2.45, 2.75) is 39.5 Å². The molecule has 20 heavy (non-hydrogen) atoms. The van der Waals surface area contributed by atoms with Crippen LogP contribution < -0.4 is 4.90 Å². The Balaban J connectivity index is 2.23. The molecule has 0 aliphatic carbocycles. The van der Waals surface area contributed by atoms with Gasteiger partial charge in [-0.3, -0.25) is 0 Å². The Bertz CT molecular complexity index is 487. The fraction of sp³-hybridized carbons (Fsp3) is 0.562. The molecule has 0 spiro atoms. The lowest BCUT2D eigenvalue weighted by molar-refractivity contribution is 0.0697. The molecule has 1 aliphatic rings. The molecule has 0 saturated carbocycles. The van der Waals surface area contributed by atoms with E-state index in [0.29, 0.717) is 10.4 Å². The molecule has 4 heteroatoms. The highest BCUT2D eigenvalue weighted by Crippen LogP contribution is 2.40. The monoisotopic (exact) mass is 295 g/mol. The minimum atomic E-state index is -0.951. The quantitative estimate of drug-likeness (QED) is 0.892. The Morgan fingerprint density at radius 2 is 1.90 bits per heavy atom. The summed E-state index contributed by atoms with van der Waals surface area (Å²) < 4.78 is 0. The molecule has 0 amide bonds. The highest BCUT2D eigenvalue weighted by molar-refractivity contribution is 6.34. The number of benzene rings is 1. The summed E-state index contributed by atoms with van der Waals surface area (Å²) >= 11 is 6.05. The van der Waals surface area contributed by atoms with E-state index in [2.05, 4.69) is 18.7 Å². The maximum Gasteiger partial charge on any atom is 0.339 e. The molecule has 2 rings (SSSR count). The lowest BCUT2D eigenvalue weighted by Gasteiger charge is -2.42. The Morgan fingerprint density at radius 3 is 2.40 bits per heavy atom. The number of rotatable bonds is 4. The average molecular weight is 296 g/mol. The fourth-order valence-corrected chi connectivity index (χ4v) is 3.42. The van der Waals surface area contributed by atoms with Crippen LogP contribution in [0.4, 0.5) is 5.69 Å². The number of aromatic carboxylic acids is 1. The second-order valence-corrected chi connectivity index (χ2v) is 6.04. The molecule has 1 aromatic rings. The largest absolute Gasteiger partial charge is 0.478 e. The topological polar surface area (TPSA) is 40.5 Å². The number of nitrogens with zero attached hydrogens (tertiary/aromatic N) is 1. The van der Waals surface area contributed by atoms with E-state index in [4.69, 9.17) is 11.6 Å². The van der Waals surface area contributed by atoms with Gasteiger partial charge in [-0.2, -0.15) is 0 Å². The lowest BCUT2D eigenvalue weighted by atomic mass is 9.74. The van der Waals surface area contributed by atoms with Gasteiger partial charge in [0.25, 0.3) is 0 Å². The van der Waals surface area contributed by atoms with E-state index in [0.717, 1.165) is 31.6 Å². The molecule has 0 radical (unpaired) electrons. The van der Waals surface area contributed by atoms with Gasteiger partial charge in [-0.15, -0.1) is 0 Å². The lowest BCUT2D eigenvalue weighted by Crippen LogP contribution is -2.40. The third-order valence-electron chi connectivity index (χ3n) is 4.87. The van der Waals surface area contributed by atoms with Crippen molar-refractivity contribution in [2.75, 3.05) is 18.0 Å². The first-order valence-corrected chi connectivity index (χ1v) is 7.67. The first kappa shape index (κ1) is 15.2. The zero-order valence-corrected chi connectivity index (χ0v) is 12.9. The molecule has 3 nitrogen and oxygen atoms in total. The molecule has 1 heterocycles. The number of hydrogen-bond acceptors (Lipinski definition) is 2. The standard InChI is InChI=1S/C16H22ClNO2/c1-3-16(4-2)8-10-18(11-9-16)13-7-5-6-12(17)14(13)15(19)20/h5-7H,3-4,8-11H2,1-2H3,(H,19,20). The number of anilines is 1. The Morgan fingerprint density at radius 1 is 1.30 bits per heavy atom. The van der Waals surface area contributed by atoms with Gasteiger partial charge in [0.2, 0.25) is 0 Å². The third-order valence-corrected chi connectivity index (χ3v) is 5.19. The fourth-order valence-electron chi connectivity index (χ4n) is 3.17. The molecular formula is C16H22ClNO2. The minimum absolute atomic E-state index is 0.231. The van der Waals surface area contributed by atoms with Gasteiger partial charge in [0.15, 0.2) is 0 Å². The number of carboxylic acid groups (broad SMARTS) is 1. The molecule has 1 N–H and O–H groups in total. The van der Waals surface area contributed by atoms with Gasteiger partial charge in [0.1, 0.15) is 5.56 Å². The first-order valence-electron chi connectivity index (χ1n) is 7.30. The van der Waals surface area contributed by atoms with Gasteiger partial charge in [0.05, 0.1) is 10.7 Å². The van der Waals surface area contributed by atoms with Crippen molar-refractivity contribution in [1.82, 2.24) is 0 Å². The van der Waals surface area contributed by atoms with E-state index in [1.807, 2.05) is 12.1 Å². The van der Waals surface area contributed by atoms with Crippen molar-refractivity contribution >= 4 is 23.3 Å². The van der Waals surface area contributed by atoms with Crippen LogP contribution in [0, 0.1) is 5.41 Å². The van der Waals surface area contributed by atoms with Crippen LogP contribution >= 0.6 is 11.6 Å². The number of hydrogen-bond donors (Lipinski definition) is 1. The van der Waals surface area contributed by atoms with Gasteiger partial charge >= 0.3 is 5.97 Å². The van der Waals surface area contributed by atoms with Gasteiger partial charge in [0, 0.05) is 13.1 Å². The van der Waals surface area contributed by atoms with Crippen molar-refractivity contribution in [1.29, 1.82) is 0 Å². The predicted molar refractivity (Wildman–Crippen MR) is 82.9 cm³/mol. The summed E-state index contributed by atoms with van der Waals surface area (Å²) in [7, 11) is 0. The van der Waals surface area contributed by atoms with E-state index < -0.39 is 5.97 Å². The minimum Gasteiger partial charge on any atom is -0.478 e. The molecule has 0 bridgehead atoms. The van der Waals surface area contributed by atoms with Crippen LogP contribution in [-0.4, -0.2) is 24.2 Å². The van der Waals surface area contributed by atoms with Crippen molar-refractivity contribution in [3.05, 3.63) is 28.8 Å². The zero-order chi connectivity index (χ0) is 14.8. The van der Waals surface area contributed by atoms with Crippen LogP contribution in [0.5, 0.6) is 0 Å². The number of piperidine rings is 1. The van der Waals surface area contributed by atoms with Crippen LogP contribution in [0.2, 0.25) is 5.02 Å². The van der Waals surface area contributed by atoms with Crippen LogP contribution in [0.25, 0.3) is 0 Å². The maximum absolute atomic E-state index is 11.4. The normalized spacial score (nSPS) is 18.1. The molecule has 1 aliphatic heterocycles. The molecular weight excluding hydrogens is 274 g/mol. The first-order chi connectivity index (χ1) is 9.53. The third kappa shape index (κ3) is 2.78. The van der Waals surface area contributed by atoms with Crippen molar-refractivity contribution in [3.63, 3.8) is 0 Å². The molecule has 110 valence electrons. The predicted octanol–water partition coefficient (Wildman–Crippen LogP) is 4.44. The number of carbonyl (C=O) groups is 1. The Labute approximate surface area is 125 Å². The van der Waals surface area contributed by atoms with Crippen LogP contribution in [-0.2, 0) is 0 Å². The summed E-state index contributed by atoms with van der Waals surface area (Å²) in [4.78, 5) is 13.6. The summed E-state index contributed by atoms with van der Waals surface area (Å²) in [6, 6.07) is 5.33. The van der Waals surface area contributed by atoms with Gasteiger partial charge < -0.3 is 10.0 Å². The van der Waals surface area contributed by atoms with Gasteiger partial charge in [-0.05, 0) is 30.4 Å². The summed E-state index contributed by atoms with van der Waals surface area (Å²) in [6.45, 7) is 6.31. The highest BCUT2D eigenvalue weighted by atomic mass is 35.5. The molecule has 1 saturated heterocycles. The van der Waals surface area contributed by atoms with Crippen molar-refractivity contribution < 1.29 is 9.90 Å². The van der Waals surface area contributed by atoms with Gasteiger partial charge in [-0.25, -0.2) is 4.79 Å². The number of carboxylic acids is 1. The summed E-state index contributed by atoms with van der Waals surface area (Å²) in [6.07, 6.45) is 4.62. The smallest absolute Gasteiger partial charge is 0.339 e. The van der Waals surface area contributed by atoms with E-state index in [1.165, 1.54) is 12.8 Å². The summed E-state index contributed by atoms with van der Waals surface area (Å²) in [5, 5.41) is 9.68. The van der Waals surface area contributed by atoms with E-state index in [1.54, 1.807) is 6.07 Å². The molecule has 1 fully saturated rings. The molecule has 0 aromatic heterocycles. The Hall–Kier alpha value is -1.22. The van der Waals surface area contributed by atoms with E-state index in [9.17, 15) is 9.90 Å². The highest BCUT2D eigenvalue weighted by Gasteiger charge is 2.32. The van der Waals surface area contributed by atoms with Crippen LogP contribution in [0.1, 0.15) is 49.9 Å². The van der Waals surface area contributed by atoms with E-state index in [-0.39, 0.29) is 5.56 Å². The average Bonchev–Trinajstić information content (AvgIpc) is 2.46. The summed E-state index contributed by atoms with van der Waals surface area (Å²) in [5.74, 6) is -0.951. The molecule has 1 aromatic carbocycles. The van der Waals surface area contributed by atoms with Gasteiger partial charge in [-0.1, -0.05) is 44.4 Å². The van der Waals surface area contributed by atoms with Crippen molar-refractivity contribution in [3.8, 4) is 0 Å². The van der Waals surface area contributed by atoms with Crippen LogP contribution in [0.15, 0.2) is 18.2 Å². The number of halogens is 1. The second-order valence-electron chi connectivity index (χ2n) is 5.63. The second kappa shape index (κ2) is 6.04. The zero-order valence-electron chi connectivity index (χ0n) is 12.2. The molecule has 0 atom stereocenters. The van der Waals surface area contributed by atoms with E-state index >= 15 is 0 Å². The maximum atomic E-state index is 11.4. The Kier molecular flexibility index (Phi) is 4.59. The van der Waals surface area contributed by atoms with Crippen molar-refractivity contribution in [2.24, 2.45) is 5.41 Å². The SMILES string of the molecule is CCC1(CC)CCN(c2cccc(Cl)c2C(=O)O)CC1. The van der Waals surface area contributed by atoms with Crippen LogP contribution in [0.3, 0.4) is 0 Å². The molecule has 0 unspecified atom stereocenters. The summed E-state index contributed by atoms with van der Waals surface area (Å²) in [5.41, 5.74) is 1.42.